The van der Waals surface area contributed by atoms with Gasteiger partial charge in [0.05, 0.1) is 0 Å². The van der Waals surface area contributed by atoms with Gasteiger partial charge >= 0.3 is 0 Å². The molecule has 0 saturated carbocycles. The van der Waals surface area contributed by atoms with Crippen molar-refractivity contribution >= 4 is 17.3 Å². The first-order valence-corrected chi connectivity index (χ1v) is 8.22. The summed E-state index contributed by atoms with van der Waals surface area (Å²) < 4.78 is 0. The number of unbranched alkanes of at least 4 members (excludes halogenated alkanes) is 6. The number of halogens is 1. The van der Waals surface area contributed by atoms with Crippen LogP contribution >= 0.6 is 11.6 Å². The quantitative estimate of drug-likeness (QED) is 0.576. The molecule has 19 heavy (non-hydrogen) atoms. The highest BCUT2D eigenvalue weighted by Crippen LogP contribution is 2.36. The van der Waals surface area contributed by atoms with Gasteiger partial charge in [0.25, 0.3) is 0 Å². The molecule has 1 N–H and O–H groups in total. The smallest absolute Gasteiger partial charge is 0.0410 e. The lowest BCUT2D eigenvalue weighted by atomic mass is 9.94. The average Bonchev–Trinajstić information content (AvgIpc) is 2.80. The molecule has 1 aliphatic rings. The first kappa shape index (κ1) is 14.7. The van der Waals surface area contributed by atoms with Crippen LogP contribution in [0.2, 0.25) is 5.02 Å². The van der Waals surface area contributed by atoms with Gasteiger partial charge in [-0.05, 0) is 30.2 Å². The van der Waals surface area contributed by atoms with Crippen LogP contribution in [0.3, 0.4) is 0 Å². The number of anilines is 1. The van der Waals surface area contributed by atoms with Crippen LogP contribution in [-0.4, -0.2) is 6.54 Å². The molecule has 0 aliphatic carbocycles. The van der Waals surface area contributed by atoms with E-state index < -0.39 is 0 Å². The van der Waals surface area contributed by atoms with Gasteiger partial charge in [-0.1, -0.05) is 63.5 Å². The zero-order valence-electron chi connectivity index (χ0n) is 12.1. The van der Waals surface area contributed by atoms with E-state index in [0.29, 0.717) is 5.92 Å². The van der Waals surface area contributed by atoms with Crippen molar-refractivity contribution < 1.29 is 0 Å². The van der Waals surface area contributed by atoms with E-state index >= 15 is 0 Å². The van der Waals surface area contributed by atoms with E-state index in [-0.39, 0.29) is 0 Å². The molecule has 1 aromatic carbocycles. The van der Waals surface area contributed by atoms with Crippen molar-refractivity contribution in [3.63, 3.8) is 0 Å². The van der Waals surface area contributed by atoms with Crippen LogP contribution in [0.5, 0.6) is 0 Å². The Labute approximate surface area is 122 Å². The molecule has 1 aliphatic heterocycles. The minimum absolute atomic E-state index is 0.671. The third kappa shape index (κ3) is 4.42. The van der Waals surface area contributed by atoms with Crippen LogP contribution in [0.1, 0.15) is 69.8 Å². The van der Waals surface area contributed by atoms with Crippen LogP contribution in [0.25, 0.3) is 0 Å². The van der Waals surface area contributed by atoms with Gasteiger partial charge in [-0.15, -0.1) is 0 Å². The predicted octanol–water partition coefficient (Wildman–Crippen LogP) is 5.99. The van der Waals surface area contributed by atoms with Crippen LogP contribution < -0.4 is 5.32 Å². The Balaban J connectivity index is 1.67. The molecular weight excluding hydrogens is 254 g/mol. The number of benzene rings is 1. The summed E-state index contributed by atoms with van der Waals surface area (Å²) in [5.74, 6) is 0.671. The van der Waals surface area contributed by atoms with E-state index in [0.717, 1.165) is 11.6 Å². The van der Waals surface area contributed by atoms with E-state index in [4.69, 9.17) is 11.6 Å². The van der Waals surface area contributed by atoms with Gasteiger partial charge in [-0.2, -0.15) is 0 Å². The first-order valence-electron chi connectivity index (χ1n) is 7.84. The van der Waals surface area contributed by atoms with Crippen LogP contribution in [-0.2, 0) is 0 Å². The van der Waals surface area contributed by atoms with Crippen LogP contribution in [0.4, 0.5) is 5.69 Å². The Morgan fingerprint density at radius 1 is 1.11 bits per heavy atom. The van der Waals surface area contributed by atoms with Crippen LogP contribution in [0, 0.1) is 0 Å². The zero-order valence-corrected chi connectivity index (χ0v) is 12.8. The number of nitrogens with one attached hydrogen (secondary N) is 1. The molecule has 1 heterocycles. The molecular formula is C17H26ClN. The average molecular weight is 280 g/mol. The fraction of sp³-hybridized carbons (Fsp3) is 0.647. The second kappa shape index (κ2) is 7.79. The fourth-order valence-electron chi connectivity index (χ4n) is 2.98. The summed E-state index contributed by atoms with van der Waals surface area (Å²) >= 11 is 6.09. The van der Waals surface area contributed by atoms with E-state index in [1.807, 2.05) is 6.07 Å². The summed E-state index contributed by atoms with van der Waals surface area (Å²) in [7, 11) is 0. The maximum Gasteiger partial charge on any atom is 0.0410 e. The van der Waals surface area contributed by atoms with Crippen molar-refractivity contribution in [2.45, 2.75) is 64.2 Å². The van der Waals surface area contributed by atoms with Gasteiger partial charge in [-0.3, -0.25) is 0 Å². The summed E-state index contributed by atoms with van der Waals surface area (Å²) in [6.07, 6.45) is 11.0. The number of hydrogen-bond acceptors (Lipinski definition) is 1. The summed E-state index contributed by atoms with van der Waals surface area (Å²) in [6, 6.07) is 6.23. The highest BCUT2D eigenvalue weighted by atomic mass is 35.5. The minimum Gasteiger partial charge on any atom is -0.384 e. The van der Waals surface area contributed by atoms with E-state index in [2.05, 4.69) is 24.4 Å². The lowest BCUT2D eigenvalue weighted by Gasteiger charge is -2.10. The molecule has 1 atom stereocenters. The first-order chi connectivity index (χ1) is 9.31. The molecule has 1 nitrogen and oxygen atoms in total. The summed E-state index contributed by atoms with van der Waals surface area (Å²) in [6.45, 7) is 3.36. The normalized spacial score (nSPS) is 17.3. The summed E-state index contributed by atoms with van der Waals surface area (Å²) in [5.41, 5.74) is 2.72. The Morgan fingerprint density at radius 2 is 1.84 bits per heavy atom. The molecule has 0 spiro atoms. The van der Waals surface area contributed by atoms with E-state index in [1.54, 1.807) is 0 Å². The molecule has 1 aromatic rings. The van der Waals surface area contributed by atoms with Crippen molar-refractivity contribution in [1.82, 2.24) is 0 Å². The SMILES string of the molecule is CCCCCCCCCC1CNc2ccc(Cl)cc21. The van der Waals surface area contributed by atoms with Gasteiger partial charge in [0, 0.05) is 23.2 Å². The fourth-order valence-corrected chi connectivity index (χ4v) is 3.16. The standard InChI is InChI=1S/C17H26ClN/c1-2-3-4-5-6-7-8-9-14-13-19-17-11-10-15(18)12-16(14)17/h10-12,14,19H,2-9,13H2,1H3. The molecule has 2 heteroatoms. The lowest BCUT2D eigenvalue weighted by Crippen LogP contribution is -2.01. The number of rotatable bonds is 8. The molecule has 0 fully saturated rings. The third-order valence-electron chi connectivity index (χ3n) is 4.15. The highest BCUT2D eigenvalue weighted by molar-refractivity contribution is 6.30. The Kier molecular flexibility index (Phi) is 6.03. The van der Waals surface area contributed by atoms with Crippen molar-refractivity contribution in [2.24, 2.45) is 0 Å². The molecule has 0 aromatic heterocycles. The molecule has 0 saturated heterocycles. The Morgan fingerprint density at radius 3 is 2.63 bits per heavy atom. The second-order valence-electron chi connectivity index (χ2n) is 5.72. The van der Waals surface area contributed by atoms with Gasteiger partial charge in [0.1, 0.15) is 0 Å². The van der Waals surface area contributed by atoms with Crippen molar-refractivity contribution in [2.75, 3.05) is 11.9 Å². The second-order valence-corrected chi connectivity index (χ2v) is 6.16. The van der Waals surface area contributed by atoms with Crippen molar-refractivity contribution in [1.29, 1.82) is 0 Å². The minimum atomic E-state index is 0.671. The molecule has 1 unspecified atom stereocenters. The molecule has 0 radical (unpaired) electrons. The Hall–Kier alpha value is -0.690. The monoisotopic (exact) mass is 279 g/mol. The molecule has 2 rings (SSSR count). The largest absolute Gasteiger partial charge is 0.384 e. The lowest BCUT2D eigenvalue weighted by molar-refractivity contribution is 0.549. The van der Waals surface area contributed by atoms with Gasteiger partial charge in [-0.25, -0.2) is 0 Å². The summed E-state index contributed by atoms with van der Waals surface area (Å²) in [5, 5.41) is 4.36. The Bertz CT molecular complexity index is 389. The maximum absolute atomic E-state index is 6.09. The van der Waals surface area contributed by atoms with Gasteiger partial charge in [0.15, 0.2) is 0 Å². The maximum atomic E-state index is 6.09. The molecule has 0 bridgehead atoms. The molecule has 0 amide bonds. The van der Waals surface area contributed by atoms with E-state index in [9.17, 15) is 0 Å². The van der Waals surface area contributed by atoms with Gasteiger partial charge < -0.3 is 5.32 Å². The number of hydrogen-bond donors (Lipinski definition) is 1. The van der Waals surface area contributed by atoms with E-state index in [1.165, 1.54) is 62.6 Å². The van der Waals surface area contributed by atoms with Crippen molar-refractivity contribution in [3.05, 3.63) is 28.8 Å². The summed E-state index contributed by atoms with van der Waals surface area (Å²) in [4.78, 5) is 0. The molecule has 106 valence electrons. The van der Waals surface area contributed by atoms with Gasteiger partial charge in [0.2, 0.25) is 0 Å². The van der Waals surface area contributed by atoms with Crippen molar-refractivity contribution in [3.8, 4) is 0 Å². The predicted molar refractivity (Wildman–Crippen MR) is 85.3 cm³/mol. The third-order valence-corrected chi connectivity index (χ3v) is 4.38. The number of fused-ring (bicyclic) bond motifs is 1. The van der Waals surface area contributed by atoms with Crippen LogP contribution in [0.15, 0.2) is 18.2 Å². The highest BCUT2D eigenvalue weighted by Gasteiger charge is 2.21. The topological polar surface area (TPSA) is 12.0 Å². The zero-order chi connectivity index (χ0) is 13.5.